The van der Waals surface area contributed by atoms with Gasteiger partial charge in [0.1, 0.15) is 0 Å². The van der Waals surface area contributed by atoms with Gasteiger partial charge < -0.3 is 8.97 Å². The minimum Gasteiger partial charge on any atom is -0.308 e. The fourth-order valence-corrected chi connectivity index (χ4v) is 6.34. The molecule has 8 aromatic rings. The van der Waals surface area contributed by atoms with E-state index in [9.17, 15) is 0 Å². The predicted molar refractivity (Wildman–Crippen MR) is 143 cm³/mol. The Kier molecular flexibility index (Phi) is 3.30. The second kappa shape index (κ2) is 6.15. The zero-order chi connectivity index (χ0) is 21.7. The van der Waals surface area contributed by atoms with Gasteiger partial charge in [-0.15, -0.1) is 0 Å². The SMILES string of the molecule is Brc1ccccc1-n1c2cccc3c4cccc5c6ccccc6n(c6cccc1c6c32)c45. The van der Waals surface area contributed by atoms with Gasteiger partial charge in [0.2, 0.25) is 0 Å². The molecule has 0 N–H and O–H groups in total. The molecule has 0 fully saturated rings. The van der Waals surface area contributed by atoms with Gasteiger partial charge in [-0.25, -0.2) is 0 Å². The summed E-state index contributed by atoms with van der Waals surface area (Å²) in [4.78, 5) is 0. The molecule has 3 heteroatoms. The van der Waals surface area contributed by atoms with Crippen molar-refractivity contribution in [3.05, 3.63) is 108 Å². The maximum Gasteiger partial charge on any atom is 0.0619 e. The molecule has 33 heavy (non-hydrogen) atoms. The molecule has 0 spiro atoms. The number of para-hydroxylation sites is 3. The minimum absolute atomic E-state index is 1.09. The van der Waals surface area contributed by atoms with Gasteiger partial charge in [-0.3, -0.25) is 0 Å². The number of aromatic nitrogens is 2. The Morgan fingerprint density at radius 2 is 1.03 bits per heavy atom. The third-order valence-electron chi connectivity index (χ3n) is 7.11. The van der Waals surface area contributed by atoms with Crippen LogP contribution in [-0.2, 0) is 0 Å². The smallest absolute Gasteiger partial charge is 0.0619 e. The number of nitrogens with zero attached hydrogens (tertiary/aromatic N) is 2. The lowest BCUT2D eigenvalue weighted by atomic mass is 10.0. The maximum atomic E-state index is 3.81. The van der Waals surface area contributed by atoms with Crippen molar-refractivity contribution in [2.24, 2.45) is 0 Å². The first-order valence-electron chi connectivity index (χ1n) is 11.2. The van der Waals surface area contributed by atoms with Gasteiger partial charge in [0, 0.05) is 31.4 Å². The molecular formula is C30H17BrN2. The maximum absolute atomic E-state index is 3.81. The summed E-state index contributed by atoms with van der Waals surface area (Å²) in [5.74, 6) is 0. The molecule has 5 aromatic carbocycles. The topological polar surface area (TPSA) is 9.34 Å². The summed E-state index contributed by atoms with van der Waals surface area (Å²) in [6, 6.07) is 37.4. The van der Waals surface area contributed by atoms with Crippen LogP contribution in [0.4, 0.5) is 0 Å². The third-order valence-corrected chi connectivity index (χ3v) is 7.78. The second-order valence-electron chi connectivity index (χ2n) is 8.71. The molecule has 0 bridgehead atoms. The van der Waals surface area contributed by atoms with Crippen molar-refractivity contribution in [3.63, 3.8) is 0 Å². The third kappa shape index (κ3) is 2.09. The molecule has 0 amide bonds. The molecule has 8 rings (SSSR count). The molecule has 0 aliphatic carbocycles. The van der Waals surface area contributed by atoms with Crippen molar-refractivity contribution in [2.45, 2.75) is 0 Å². The fourth-order valence-electron chi connectivity index (χ4n) is 5.88. The normalized spacial score (nSPS) is 12.4. The number of fused-ring (bicyclic) bond motifs is 5. The average molecular weight is 485 g/mol. The second-order valence-corrected chi connectivity index (χ2v) is 9.57. The van der Waals surface area contributed by atoms with Crippen LogP contribution in [0, 0.1) is 0 Å². The minimum atomic E-state index is 1.09. The van der Waals surface area contributed by atoms with Gasteiger partial charge in [0.25, 0.3) is 0 Å². The van der Waals surface area contributed by atoms with E-state index in [0.29, 0.717) is 0 Å². The molecule has 2 nitrogen and oxygen atoms in total. The molecule has 0 unspecified atom stereocenters. The largest absolute Gasteiger partial charge is 0.308 e. The molecule has 0 radical (unpaired) electrons. The average Bonchev–Trinajstić information content (AvgIpc) is 3.33. The highest BCUT2D eigenvalue weighted by Gasteiger charge is 2.21. The Bertz CT molecular complexity index is 2040. The Labute approximate surface area is 197 Å². The van der Waals surface area contributed by atoms with E-state index in [1.54, 1.807) is 0 Å². The van der Waals surface area contributed by atoms with Crippen LogP contribution in [0.5, 0.6) is 0 Å². The van der Waals surface area contributed by atoms with Crippen LogP contribution in [0.2, 0.25) is 0 Å². The van der Waals surface area contributed by atoms with Crippen LogP contribution in [0.1, 0.15) is 0 Å². The lowest BCUT2D eigenvalue weighted by Crippen LogP contribution is -1.95. The molecule has 0 atom stereocenters. The van der Waals surface area contributed by atoms with E-state index in [4.69, 9.17) is 0 Å². The Hall–Kier alpha value is -3.82. The number of hydrogen-bond donors (Lipinski definition) is 0. The molecule has 0 aliphatic heterocycles. The molecule has 3 aromatic heterocycles. The summed E-state index contributed by atoms with van der Waals surface area (Å²) in [6.07, 6.45) is 0. The van der Waals surface area contributed by atoms with E-state index in [-0.39, 0.29) is 0 Å². The first-order chi connectivity index (χ1) is 16.3. The van der Waals surface area contributed by atoms with Gasteiger partial charge in [-0.05, 0) is 57.7 Å². The van der Waals surface area contributed by atoms with Crippen LogP contribution in [0.25, 0.3) is 65.6 Å². The van der Waals surface area contributed by atoms with Crippen LogP contribution in [-0.4, -0.2) is 8.97 Å². The fraction of sp³-hybridized carbons (Fsp3) is 0. The highest BCUT2D eigenvalue weighted by atomic mass is 79.9. The monoisotopic (exact) mass is 484 g/mol. The van der Waals surface area contributed by atoms with E-state index >= 15 is 0 Å². The van der Waals surface area contributed by atoms with Gasteiger partial charge in [0.05, 0.1) is 33.3 Å². The molecular weight excluding hydrogens is 468 g/mol. The van der Waals surface area contributed by atoms with E-state index in [1.807, 2.05) is 0 Å². The van der Waals surface area contributed by atoms with E-state index < -0.39 is 0 Å². The van der Waals surface area contributed by atoms with Gasteiger partial charge in [0.15, 0.2) is 0 Å². The summed E-state index contributed by atoms with van der Waals surface area (Å²) < 4.78 is 5.97. The Balaban J connectivity index is 1.79. The van der Waals surface area contributed by atoms with Crippen LogP contribution >= 0.6 is 15.9 Å². The Morgan fingerprint density at radius 3 is 1.91 bits per heavy atom. The summed E-state index contributed by atoms with van der Waals surface area (Å²) >= 11 is 3.81. The predicted octanol–water partition coefficient (Wildman–Crippen LogP) is 8.70. The van der Waals surface area contributed by atoms with Crippen molar-refractivity contribution in [2.75, 3.05) is 0 Å². The van der Waals surface area contributed by atoms with Gasteiger partial charge in [-0.2, -0.15) is 0 Å². The van der Waals surface area contributed by atoms with Crippen molar-refractivity contribution in [3.8, 4) is 5.69 Å². The summed E-state index contributed by atoms with van der Waals surface area (Å²) in [5, 5.41) is 7.81. The summed E-state index contributed by atoms with van der Waals surface area (Å²) in [7, 11) is 0. The molecule has 0 aliphatic rings. The summed E-state index contributed by atoms with van der Waals surface area (Å²) in [5.41, 5.74) is 7.40. The van der Waals surface area contributed by atoms with Gasteiger partial charge in [-0.1, -0.05) is 66.7 Å². The van der Waals surface area contributed by atoms with Crippen molar-refractivity contribution in [1.82, 2.24) is 8.97 Å². The summed E-state index contributed by atoms with van der Waals surface area (Å²) in [6.45, 7) is 0. The quantitative estimate of drug-likeness (QED) is 0.220. The zero-order valence-corrected chi connectivity index (χ0v) is 19.2. The van der Waals surface area contributed by atoms with Crippen molar-refractivity contribution < 1.29 is 0 Å². The number of halogens is 1. The first-order valence-corrected chi connectivity index (χ1v) is 12.0. The highest BCUT2D eigenvalue weighted by Crippen LogP contribution is 2.44. The lowest BCUT2D eigenvalue weighted by molar-refractivity contribution is 1.17. The van der Waals surface area contributed by atoms with Crippen LogP contribution < -0.4 is 0 Å². The molecule has 3 heterocycles. The number of rotatable bonds is 1. The van der Waals surface area contributed by atoms with E-state index in [0.717, 1.165) is 10.2 Å². The van der Waals surface area contributed by atoms with Crippen molar-refractivity contribution >= 4 is 75.8 Å². The number of benzene rings is 5. The van der Waals surface area contributed by atoms with Crippen molar-refractivity contribution in [1.29, 1.82) is 0 Å². The highest BCUT2D eigenvalue weighted by molar-refractivity contribution is 9.10. The zero-order valence-electron chi connectivity index (χ0n) is 17.6. The van der Waals surface area contributed by atoms with Crippen LogP contribution in [0.15, 0.2) is 108 Å². The van der Waals surface area contributed by atoms with E-state index in [1.165, 1.54) is 59.9 Å². The molecule has 0 saturated carbocycles. The molecule has 154 valence electrons. The first kappa shape index (κ1) is 17.7. The Morgan fingerprint density at radius 1 is 0.455 bits per heavy atom. The van der Waals surface area contributed by atoms with Crippen LogP contribution in [0.3, 0.4) is 0 Å². The lowest BCUT2D eigenvalue weighted by Gasteiger charge is -2.10. The molecule has 0 saturated heterocycles. The number of hydrogen-bond acceptors (Lipinski definition) is 0. The van der Waals surface area contributed by atoms with E-state index in [2.05, 4.69) is 128 Å². The standard InChI is InChI=1S/C30H17BrN2/c31-22-12-2-4-14-24(22)32-25-15-6-9-19-21-11-5-10-20-18-8-1-3-13-23(18)33(30(20)21)27-17-7-16-26(32)29(27)28(19)25/h1-17H. The van der Waals surface area contributed by atoms with Gasteiger partial charge >= 0.3 is 0 Å².